The molecular weight excluding hydrogens is 270 g/mol. The number of benzene rings is 2. The zero-order valence-corrected chi connectivity index (χ0v) is 11.7. The van der Waals surface area contributed by atoms with Gasteiger partial charge in [-0.15, -0.1) is 0 Å². The predicted octanol–water partition coefficient (Wildman–Crippen LogP) is 3.20. The molecule has 1 aliphatic carbocycles. The van der Waals surface area contributed by atoms with Gasteiger partial charge in [-0.1, -0.05) is 18.2 Å². The summed E-state index contributed by atoms with van der Waals surface area (Å²) in [7, 11) is 0. The predicted molar refractivity (Wildman–Crippen MR) is 78.6 cm³/mol. The van der Waals surface area contributed by atoms with Crippen LogP contribution < -0.4 is 11.3 Å². The molecule has 110 valence electrons. The summed E-state index contributed by atoms with van der Waals surface area (Å²) >= 11 is 0. The van der Waals surface area contributed by atoms with Crippen molar-refractivity contribution in [2.24, 2.45) is 5.84 Å². The van der Waals surface area contributed by atoms with Crippen molar-refractivity contribution >= 4 is 0 Å². The first-order valence-electron chi connectivity index (χ1n) is 7.18. The van der Waals surface area contributed by atoms with Gasteiger partial charge in [0.25, 0.3) is 0 Å². The average Bonchev–Trinajstić information content (AvgIpc) is 2.91. The lowest BCUT2D eigenvalue weighted by Gasteiger charge is -2.17. The Labute approximate surface area is 122 Å². The zero-order valence-electron chi connectivity index (χ0n) is 11.7. The number of halogens is 2. The van der Waals surface area contributed by atoms with E-state index in [9.17, 15) is 8.78 Å². The lowest BCUT2D eigenvalue weighted by atomic mass is 9.97. The number of hydrogen-bond donors (Lipinski definition) is 2. The highest BCUT2D eigenvalue weighted by Gasteiger charge is 2.15. The van der Waals surface area contributed by atoms with Crippen molar-refractivity contribution in [3.63, 3.8) is 0 Å². The number of nitrogens with one attached hydrogen (secondary N) is 1. The summed E-state index contributed by atoms with van der Waals surface area (Å²) in [4.78, 5) is 0. The Morgan fingerprint density at radius 1 is 1.00 bits per heavy atom. The van der Waals surface area contributed by atoms with Gasteiger partial charge in [0.1, 0.15) is 11.6 Å². The number of hydrazine groups is 1. The molecule has 2 aromatic carbocycles. The normalized spacial score (nSPS) is 15.0. The van der Waals surface area contributed by atoms with Gasteiger partial charge in [-0.05, 0) is 60.1 Å². The monoisotopic (exact) mass is 288 g/mol. The molecular formula is C17H18F2N2. The van der Waals surface area contributed by atoms with Crippen molar-refractivity contribution in [3.8, 4) is 0 Å². The van der Waals surface area contributed by atoms with E-state index in [1.807, 2.05) is 0 Å². The topological polar surface area (TPSA) is 38.0 Å². The summed E-state index contributed by atoms with van der Waals surface area (Å²) in [6.45, 7) is 0. The molecule has 4 heteroatoms. The summed E-state index contributed by atoms with van der Waals surface area (Å²) in [6, 6.07) is 9.60. The van der Waals surface area contributed by atoms with Gasteiger partial charge in [0, 0.05) is 6.07 Å². The number of rotatable bonds is 4. The molecule has 0 radical (unpaired) electrons. The zero-order chi connectivity index (χ0) is 14.8. The smallest absolute Gasteiger partial charge is 0.126 e. The molecule has 1 aliphatic rings. The molecule has 0 bridgehead atoms. The molecule has 1 unspecified atom stereocenters. The molecule has 0 aromatic heterocycles. The highest BCUT2D eigenvalue weighted by Crippen LogP contribution is 2.26. The molecule has 3 rings (SSSR count). The quantitative estimate of drug-likeness (QED) is 0.670. The number of hydrogen-bond acceptors (Lipinski definition) is 2. The van der Waals surface area contributed by atoms with Gasteiger partial charge in [-0.3, -0.25) is 11.3 Å². The van der Waals surface area contributed by atoms with Gasteiger partial charge in [0.05, 0.1) is 6.04 Å². The third-order valence-electron chi connectivity index (χ3n) is 4.09. The Morgan fingerprint density at radius 2 is 1.71 bits per heavy atom. The summed E-state index contributed by atoms with van der Waals surface area (Å²) in [6.07, 6.45) is 4.06. The van der Waals surface area contributed by atoms with Crippen molar-refractivity contribution in [2.45, 2.75) is 31.7 Å². The third-order valence-corrected chi connectivity index (χ3v) is 4.09. The van der Waals surface area contributed by atoms with Crippen molar-refractivity contribution in [3.05, 3.63) is 70.3 Å². The SMILES string of the molecule is NNC(Cc1ccc2c(c1)CCC2)c1cc(F)cc(F)c1. The van der Waals surface area contributed by atoms with E-state index in [2.05, 4.69) is 23.6 Å². The van der Waals surface area contributed by atoms with Crippen molar-refractivity contribution in [1.82, 2.24) is 5.43 Å². The molecule has 0 amide bonds. The Bertz CT molecular complexity index is 635. The average molecular weight is 288 g/mol. The Hall–Kier alpha value is -1.78. The van der Waals surface area contributed by atoms with E-state index in [-0.39, 0.29) is 6.04 Å². The van der Waals surface area contributed by atoms with Crippen LogP contribution in [0.25, 0.3) is 0 Å². The van der Waals surface area contributed by atoms with Crippen LogP contribution in [-0.4, -0.2) is 0 Å². The van der Waals surface area contributed by atoms with Crippen molar-refractivity contribution < 1.29 is 8.78 Å². The largest absolute Gasteiger partial charge is 0.271 e. The Kier molecular flexibility index (Phi) is 3.99. The molecule has 0 spiro atoms. The van der Waals surface area contributed by atoms with Crippen LogP contribution in [0.2, 0.25) is 0 Å². The van der Waals surface area contributed by atoms with E-state index >= 15 is 0 Å². The highest BCUT2D eigenvalue weighted by molar-refractivity contribution is 5.36. The lowest BCUT2D eigenvalue weighted by Crippen LogP contribution is -2.29. The summed E-state index contributed by atoms with van der Waals surface area (Å²) in [5.74, 6) is 4.40. The fourth-order valence-electron chi connectivity index (χ4n) is 3.04. The van der Waals surface area contributed by atoms with Crippen LogP contribution in [0.1, 0.15) is 34.7 Å². The van der Waals surface area contributed by atoms with Gasteiger partial charge < -0.3 is 0 Å². The van der Waals surface area contributed by atoms with E-state index < -0.39 is 11.6 Å². The number of aryl methyl sites for hydroxylation is 2. The maximum Gasteiger partial charge on any atom is 0.126 e. The van der Waals surface area contributed by atoms with Gasteiger partial charge >= 0.3 is 0 Å². The second-order valence-corrected chi connectivity index (χ2v) is 5.58. The van der Waals surface area contributed by atoms with Crippen LogP contribution in [0.5, 0.6) is 0 Å². The third kappa shape index (κ3) is 3.12. The van der Waals surface area contributed by atoms with E-state index in [4.69, 9.17) is 5.84 Å². The fraction of sp³-hybridized carbons (Fsp3) is 0.294. The summed E-state index contributed by atoms with van der Waals surface area (Å²) < 4.78 is 26.7. The van der Waals surface area contributed by atoms with Gasteiger partial charge in [-0.2, -0.15) is 0 Å². The first kappa shape index (κ1) is 14.2. The Balaban J connectivity index is 1.84. The van der Waals surface area contributed by atoms with E-state index in [1.54, 1.807) is 0 Å². The molecule has 0 saturated heterocycles. The van der Waals surface area contributed by atoms with Crippen molar-refractivity contribution in [1.29, 1.82) is 0 Å². The minimum atomic E-state index is -0.584. The van der Waals surface area contributed by atoms with Gasteiger partial charge in [-0.25, -0.2) is 8.78 Å². The van der Waals surface area contributed by atoms with Crippen molar-refractivity contribution in [2.75, 3.05) is 0 Å². The second kappa shape index (κ2) is 5.92. The molecule has 0 fully saturated rings. The van der Waals surface area contributed by atoms with Gasteiger partial charge in [0.15, 0.2) is 0 Å². The van der Waals surface area contributed by atoms with Crippen LogP contribution in [0.4, 0.5) is 8.78 Å². The van der Waals surface area contributed by atoms with E-state index in [0.29, 0.717) is 12.0 Å². The van der Waals surface area contributed by atoms with E-state index in [1.165, 1.54) is 29.7 Å². The molecule has 0 saturated carbocycles. The maximum atomic E-state index is 13.3. The first-order valence-corrected chi connectivity index (χ1v) is 7.18. The molecule has 2 nitrogen and oxygen atoms in total. The van der Waals surface area contributed by atoms with Gasteiger partial charge in [0.2, 0.25) is 0 Å². The lowest BCUT2D eigenvalue weighted by molar-refractivity contribution is 0.530. The summed E-state index contributed by atoms with van der Waals surface area (Å²) in [5, 5.41) is 0. The number of nitrogens with two attached hydrogens (primary N) is 1. The summed E-state index contributed by atoms with van der Waals surface area (Å²) in [5.41, 5.74) is 7.10. The molecule has 1 atom stereocenters. The standard InChI is InChI=1S/C17H18F2N2/c18-15-8-14(9-16(19)10-15)17(21-20)7-11-4-5-12-2-1-3-13(12)6-11/h4-6,8-10,17,21H,1-3,7,20H2. The highest BCUT2D eigenvalue weighted by atomic mass is 19.1. The number of fused-ring (bicyclic) bond motifs is 1. The van der Waals surface area contributed by atoms with E-state index in [0.717, 1.165) is 24.5 Å². The molecule has 2 aromatic rings. The molecule has 21 heavy (non-hydrogen) atoms. The van der Waals surface area contributed by atoms with Crippen LogP contribution in [0, 0.1) is 11.6 Å². The fourth-order valence-corrected chi connectivity index (χ4v) is 3.04. The Morgan fingerprint density at radius 3 is 2.43 bits per heavy atom. The second-order valence-electron chi connectivity index (χ2n) is 5.58. The first-order chi connectivity index (χ1) is 10.2. The molecule has 0 heterocycles. The van der Waals surface area contributed by atoms with Crippen LogP contribution in [0.15, 0.2) is 36.4 Å². The minimum Gasteiger partial charge on any atom is -0.271 e. The molecule has 0 aliphatic heterocycles. The van der Waals surface area contributed by atoms with Crippen LogP contribution in [-0.2, 0) is 19.3 Å². The van der Waals surface area contributed by atoms with Crippen LogP contribution in [0.3, 0.4) is 0 Å². The minimum absolute atomic E-state index is 0.311. The van der Waals surface area contributed by atoms with Crippen LogP contribution >= 0.6 is 0 Å². The molecule has 3 N–H and O–H groups in total. The maximum absolute atomic E-state index is 13.3.